The summed E-state index contributed by atoms with van der Waals surface area (Å²) in [5.74, 6) is 0.113. The minimum Gasteiger partial charge on any atom is -0.507 e. The summed E-state index contributed by atoms with van der Waals surface area (Å²) in [7, 11) is 1.66. The highest BCUT2D eigenvalue weighted by Gasteiger charge is 2.04. The summed E-state index contributed by atoms with van der Waals surface area (Å²) in [5.41, 5.74) is 0.534. The third-order valence-electron chi connectivity index (χ3n) is 1.88. The minimum absolute atomic E-state index is 0.106. The quantitative estimate of drug-likeness (QED) is 0.568. The van der Waals surface area contributed by atoms with Crippen LogP contribution in [0, 0.1) is 0 Å². The van der Waals surface area contributed by atoms with Crippen LogP contribution < -0.4 is 5.32 Å². The van der Waals surface area contributed by atoms with Crippen LogP contribution in [0.2, 0.25) is 0 Å². The Hall–Kier alpha value is -1.62. The predicted octanol–water partition coefficient (Wildman–Crippen LogP) is 1.30. The van der Waals surface area contributed by atoms with Gasteiger partial charge in [0.05, 0.1) is 6.21 Å². The molecule has 1 unspecified atom stereocenters. The van der Waals surface area contributed by atoms with E-state index in [0.29, 0.717) is 5.56 Å². The average Bonchev–Trinajstić information content (AvgIpc) is 2.27. The fraction of sp³-hybridized carbons (Fsp3) is 0.364. The number of hydrogen-bond donors (Lipinski definition) is 2. The number of phenols is 1. The standard InChI is InChI=1S/C11H15FN2O2/c1-13-7-10(12)8-16-14-6-9-4-2-3-5-11(9)15/h2-6,10,13,15H,7-8H2,1H3. The molecule has 16 heavy (non-hydrogen) atoms. The van der Waals surface area contributed by atoms with Crippen LogP contribution in [0.15, 0.2) is 29.4 Å². The molecule has 0 radical (unpaired) electrons. The molecule has 88 valence electrons. The summed E-state index contributed by atoms with van der Waals surface area (Å²) in [4.78, 5) is 4.75. The first-order valence-electron chi connectivity index (χ1n) is 4.96. The van der Waals surface area contributed by atoms with Gasteiger partial charge in [-0.05, 0) is 19.2 Å². The fourth-order valence-electron chi connectivity index (χ4n) is 1.10. The summed E-state index contributed by atoms with van der Waals surface area (Å²) in [6.07, 6.45) is 0.257. The fourth-order valence-corrected chi connectivity index (χ4v) is 1.10. The second-order valence-corrected chi connectivity index (χ2v) is 3.24. The normalized spacial score (nSPS) is 12.9. The molecule has 0 heterocycles. The smallest absolute Gasteiger partial charge is 0.149 e. The molecule has 0 spiro atoms. The van der Waals surface area contributed by atoms with Gasteiger partial charge in [0.15, 0.2) is 0 Å². The van der Waals surface area contributed by atoms with Crippen LogP contribution in [0.1, 0.15) is 5.56 Å². The Morgan fingerprint density at radius 3 is 3.00 bits per heavy atom. The van der Waals surface area contributed by atoms with E-state index in [1.807, 2.05) is 0 Å². The zero-order chi connectivity index (χ0) is 11.8. The van der Waals surface area contributed by atoms with Crippen LogP contribution in [0.5, 0.6) is 5.75 Å². The van der Waals surface area contributed by atoms with Crippen molar-refractivity contribution >= 4 is 6.21 Å². The van der Waals surface area contributed by atoms with Gasteiger partial charge in [-0.25, -0.2) is 4.39 Å². The monoisotopic (exact) mass is 226 g/mol. The van der Waals surface area contributed by atoms with E-state index in [9.17, 15) is 9.50 Å². The van der Waals surface area contributed by atoms with Gasteiger partial charge in [-0.15, -0.1) is 0 Å². The van der Waals surface area contributed by atoms with Crippen LogP contribution in [-0.2, 0) is 4.84 Å². The van der Waals surface area contributed by atoms with Crippen LogP contribution in [0.4, 0.5) is 4.39 Å². The van der Waals surface area contributed by atoms with Crippen molar-refractivity contribution in [3.8, 4) is 5.75 Å². The molecule has 0 bridgehead atoms. The van der Waals surface area contributed by atoms with Crippen molar-refractivity contribution in [2.45, 2.75) is 6.17 Å². The van der Waals surface area contributed by atoms with Gasteiger partial charge in [0.25, 0.3) is 0 Å². The number of nitrogens with one attached hydrogen (secondary N) is 1. The molecule has 0 aromatic heterocycles. The van der Waals surface area contributed by atoms with E-state index < -0.39 is 6.17 Å². The lowest BCUT2D eigenvalue weighted by atomic mass is 10.2. The zero-order valence-corrected chi connectivity index (χ0v) is 9.06. The second kappa shape index (κ2) is 6.79. The summed E-state index contributed by atoms with van der Waals surface area (Å²) in [5, 5.41) is 15.6. The summed E-state index contributed by atoms with van der Waals surface area (Å²) in [6, 6.07) is 6.70. The van der Waals surface area contributed by atoms with Crippen molar-refractivity contribution < 1.29 is 14.3 Å². The molecule has 0 aliphatic heterocycles. The van der Waals surface area contributed by atoms with Crippen LogP contribution in [-0.4, -0.2) is 37.7 Å². The lowest BCUT2D eigenvalue weighted by molar-refractivity contribution is 0.0881. The van der Waals surface area contributed by atoms with Gasteiger partial charge in [0.1, 0.15) is 18.5 Å². The van der Waals surface area contributed by atoms with Crippen molar-refractivity contribution in [3.63, 3.8) is 0 Å². The summed E-state index contributed by atoms with van der Waals surface area (Å²) in [6.45, 7) is 0.122. The molecule has 0 fully saturated rings. The van der Waals surface area contributed by atoms with Crippen molar-refractivity contribution in [3.05, 3.63) is 29.8 Å². The molecule has 4 nitrogen and oxygen atoms in total. The van der Waals surface area contributed by atoms with E-state index in [1.165, 1.54) is 6.21 Å². The second-order valence-electron chi connectivity index (χ2n) is 3.24. The number of hydrogen-bond acceptors (Lipinski definition) is 4. The van der Waals surface area contributed by atoms with Crippen LogP contribution >= 0.6 is 0 Å². The number of benzene rings is 1. The van der Waals surface area contributed by atoms with Crippen molar-refractivity contribution in [2.75, 3.05) is 20.2 Å². The van der Waals surface area contributed by atoms with Crippen LogP contribution in [0.25, 0.3) is 0 Å². The number of halogens is 1. The van der Waals surface area contributed by atoms with E-state index in [2.05, 4.69) is 10.5 Å². The highest BCUT2D eigenvalue weighted by atomic mass is 19.1. The Balaban J connectivity index is 2.35. The Morgan fingerprint density at radius 2 is 2.31 bits per heavy atom. The maximum Gasteiger partial charge on any atom is 0.149 e. The van der Waals surface area contributed by atoms with Gasteiger partial charge < -0.3 is 15.3 Å². The number of oxime groups is 1. The third-order valence-corrected chi connectivity index (χ3v) is 1.88. The van der Waals surface area contributed by atoms with Crippen molar-refractivity contribution in [2.24, 2.45) is 5.16 Å². The first-order valence-corrected chi connectivity index (χ1v) is 4.96. The molecule has 5 heteroatoms. The molecule has 0 aliphatic rings. The predicted molar refractivity (Wildman–Crippen MR) is 60.5 cm³/mol. The molecule has 1 aromatic rings. The van der Waals surface area contributed by atoms with E-state index in [0.717, 1.165) is 0 Å². The molecule has 1 aromatic carbocycles. The Labute approximate surface area is 93.7 Å². The topological polar surface area (TPSA) is 53.8 Å². The number of alkyl halides is 1. The highest BCUT2D eigenvalue weighted by molar-refractivity contribution is 5.82. The number of para-hydroxylation sites is 1. The Bertz CT molecular complexity index is 345. The first-order chi connectivity index (χ1) is 7.74. The van der Waals surface area contributed by atoms with E-state index >= 15 is 0 Å². The SMILES string of the molecule is CNCC(F)CON=Cc1ccccc1O. The average molecular weight is 226 g/mol. The number of aromatic hydroxyl groups is 1. The van der Waals surface area contributed by atoms with E-state index in [1.54, 1.807) is 31.3 Å². The lowest BCUT2D eigenvalue weighted by Gasteiger charge is -2.04. The first kappa shape index (κ1) is 12.4. The number of nitrogens with zero attached hydrogens (tertiary/aromatic N) is 1. The third kappa shape index (κ3) is 4.27. The van der Waals surface area contributed by atoms with Gasteiger partial charge >= 0.3 is 0 Å². The molecular weight excluding hydrogens is 211 g/mol. The number of phenolic OH excluding ortho intramolecular Hbond substituents is 1. The van der Waals surface area contributed by atoms with Crippen molar-refractivity contribution in [1.29, 1.82) is 0 Å². The van der Waals surface area contributed by atoms with Gasteiger partial charge in [-0.1, -0.05) is 17.3 Å². The van der Waals surface area contributed by atoms with Crippen molar-refractivity contribution in [1.82, 2.24) is 5.32 Å². The van der Waals surface area contributed by atoms with Crippen LogP contribution in [0.3, 0.4) is 0 Å². The van der Waals surface area contributed by atoms with Gasteiger partial charge in [0, 0.05) is 12.1 Å². The maximum absolute atomic E-state index is 12.9. The molecule has 0 aliphatic carbocycles. The van der Waals surface area contributed by atoms with Gasteiger partial charge in [0.2, 0.25) is 0 Å². The Morgan fingerprint density at radius 1 is 1.56 bits per heavy atom. The zero-order valence-electron chi connectivity index (χ0n) is 9.06. The van der Waals surface area contributed by atoms with E-state index in [-0.39, 0.29) is 18.9 Å². The Kier molecular flexibility index (Phi) is 5.28. The molecule has 0 amide bonds. The molecule has 0 saturated carbocycles. The molecule has 1 atom stereocenters. The summed E-state index contributed by atoms with van der Waals surface area (Å²) < 4.78 is 12.9. The molecular formula is C11H15FN2O2. The number of rotatable bonds is 6. The maximum atomic E-state index is 12.9. The summed E-state index contributed by atoms with van der Waals surface area (Å²) >= 11 is 0. The molecule has 2 N–H and O–H groups in total. The molecule has 0 saturated heterocycles. The lowest BCUT2D eigenvalue weighted by Crippen LogP contribution is -2.23. The van der Waals surface area contributed by atoms with Gasteiger partial charge in [-0.3, -0.25) is 0 Å². The highest BCUT2D eigenvalue weighted by Crippen LogP contribution is 2.12. The van der Waals surface area contributed by atoms with E-state index in [4.69, 9.17) is 4.84 Å². The largest absolute Gasteiger partial charge is 0.507 e. The van der Waals surface area contributed by atoms with Gasteiger partial charge in [-0.2, -0.15) is 0 Å². The minimum atomic E-state index is -1.09. The molecule has 1 rings (SSSR count).